The van der Waals surface area contributed by atoms with Crippen LogP contribution in [0.1, 0.15) is 139 Å². The second kappa shape index (κ2) is 19.5. The summed E-state index contributed by atoms with van der Waals surface area (Å²) < 4.78 is 0. The first kappa shape index (κ1) is 42.9. The lowest BCUT2D eigenvalue weighted by molar-refractivity contribution is 0.449. The maximum absolute atomic E-state index is 5.76. The smallest absolute Gasteiger partial charge is 0.131 e. The molecule has 0 spiro atoms. The molecule has 0 bridgehead atoms. The summed E-state index contributed by atoms with van der Waals surface area (Å²) in [5.74, 6) is 1.38. The molecular weight excluding hydrogens is 761 g/mol. The van der Waals surface area contributed by atoms with Crippen LogP contribution in [-0.4, -0.2) is 20.2 Å². The summed E-state index contributed by atoms with van der Waals surface area (Å²) in [7, 11) is 0. The van der Waals surface area contributed by atoms with E-state index < -0.39 is 0 Å². The van der Waals surface area contributed by atoms with Crippen molar-refractivity contribution in [2.45, 2.75) is 145 Å². The zero-order valence-corrected chi connectivity index (χ0v) is 38.8. The van der Waals surface area contributed by atoms with Crippen molar-refractivity contribution in [3.63, 3.8) is 0 Å². The number of aromatic nitrogens is 4. The SMILES string of the molecule is CCCCCCc1cc(C)sc1-c1nnc(-c2ccc3cc(C)ccc3c2)c2nc3c4ccc(CC(CC)CCCC)cc4c4cc(CC(CC)CCCC)ccc4c3nc12. The van der Waals surface area contributed by atoms with E-state index in [0.717, 1.165) is 58.3 Å². The normalized spacial score (nSPS) is 13.0. The minimum atomic E-state index is 0.690. The lowest BCUT2D eigenvalue weighted by Gasteiger charge is -2.18. The highest BCUT2D eigenvalue weighted by Gasteiger charge is 2.23. The van der Waals surface area contributed by atoms with Crippen LogP contribution in [0.3, 0.4) is 0 Å². The molecule has 8 aromatic rings. The quantitative estimate of drug-likeness (QED) is 0.0463. The third-order valence-corrected chi connectivity index (χ3v) is 14.5. The van der Waals surface area contributed by atoms with E-state index >= 15 is 0 Å². The van der Waals surface area contributed by atoms with Gasteiger partial charge in [0, 0.05) is 21.2 Å². The fraction of sp³-hybridized carbons (Fsp3) is 0.429. The lowest BCUT2D eigenvalue weighted by atomic mass is 9.88. The number of fused-ring (bicyclic) bond motifs is 8. The molecule has 3 heterocycles. The van der Waals surface area contributed by atoms with Gasteiger partial charge in [0.25, 0.3) is 0 Å². The molecule has 0 aliphatic heterocycles. The summed E-state index contributed by atoms with van der Waals surface area (Å²) in [4.78, 5) is 14.0. The van der Waals surface area contributed by atoms with Crippen LogP contribution in [0.5, 0.6) is 0 Å². The number of rotatable bonds is 19. The number of unbranched alkanes of at least 4 members (excludes halogenated alkanes) is 5. The van der Waals surface area contributed by atoms with Crippen LogP contribution < -0.4 is 0 Å². The minimum absolute atomic E-state index is 0.690. The molecule has 3 aromatic heterocycles. The summed E-state index contributed by atoms with van der Waals surface area (Å²) in [6.07, 6.45) is 18.2. The van der Waals surface area contributed by atoms with Crippen LogP contribution in [0, 0.1) is 25.7 Å². The molecule has 8 rings (SSSR count). The third-order valence-electron chi connectivity index (χ3n) is 13.4. The Morgan fingerprint density at radius 1 is 0.508 bits per heavy atom. The van der Waals surface area contributed by atoms with Gasteiger partial charge in [0.1, 0.15) is 22.4 Å². The van der Waals surface area contributed by atoms with Gasteiger partial charge in [-0.1, -0.05) is 178 Å². The molecule has 0 aliphatic carbocycles. The van der Waals surface area contributed by atoms with Crippen molar-refractivity contribution in [2.24, 2.45) is 11.8 Å². The molecule has 61 heavy (non-hydrogen) atoms. The average Bonchev–Trinajstić information content (AvgIpc) is 3.66. The molecule has 2 unspecified atom stereocenters. The van der Waals surface area contributed by atoms with Gasteiger partial charge < -0.3 is 0 Å². The lowest BCUT2D eigenvalue weighted by Crippen LogP contribution is -2.04. The molecule has 4 nitrogen and oxygen atoms in total. The van der Waals surface area contributed by atoms with Gasteiger partial charge in [0.15, 0.2) is 0 Å². The first-order chi connectivity index (χ1) is 29.8. The predicted octanol–water partition coefficient (Wildman–Crippen LogP) is 16.7. The number of thiophene rings is 1. The maximum atomic E-state index is 5.76. The number of aryl methyl sites for hydroxylation is 3. The Bertz CT molecular complexity index is 2800. The molecule has 0 radical (unpaired) electrons. The molecule has 316 valence electrons. The van der Waals surface area contributed by atoms with Crippen molar-refractivity contribution < 1.29 is 0 Å². The molecule has 0 saturated heterocycles. The third kappa shape index (κ3) is 9.24. The summed E-state index contributed by atoms with van der Waals surface area (Å²) in [6, 6.07) is 30.1. The van der Waals surface area contributed by atoms with Crippen LogP contribution in [0.4, 0.5) is 0 Å². The summed E-state index contributed by atoms with van der Waals surface area (Å²) in [5.41, 5.74) is 11.7. The zero-order valence-electron chi connectivity index (χ0n) is 38.0. The summed E-state index contributed by atoms with van der Waals surface area (Å²) >= 11 is 1.82. The monoisotopic (exact) mass is 827 g/mol. The second-order valence-corrected chi connectivity index (χ2v) is 19.4. The van der Waals surface area contributed by atoms with Gasteiger partial charge >= 0.3 is 0 Å². The Kier molecular flexibility index (Phi) is 13.7. The van der Waals surface area contributed by atoms with Gasteiger partial charge in [0.05, 0.1) is 15.9 Å². The standard InChI is InChI=1S/C56H66N4S/c1-8-13-16-17-20-45-30-37(7)61-56(45)55-54-53(50(59-60-55)44-26-25-42-29-36(6)21-24-43(42)35-44)57-51-46-27-22-40(31-38(11-4)18-14-9-2)33-48(46)49-34-41(23-28-47(49)52(51)58-54)32-39(12-5)19-15-10-3/h21-30,33-35,38-39H,8-20,31-32H2,1-7H3. The average molecular weight is 827 g/mol. The Morgan fingerprint density at radius 3 is 1.69 bits per heavy atom. The van der Waals surface area contributed by atoms with Crippen molar-refractivity contribution in [1.29, 1.82) is 0 Å². The van der Waals surface area contributed by atoms with Crippen LogP contribution in [0.25, 0.3) is 76.2 Å². The molecule has 0 amide bonds. The number of hydrogen-bond acceptors (Lipinski definition) is 5. The predicted molar refractivity (Wildman–Crippen MR) is 265 cm³/mol. The fourth-order valence-corrected chi connectivity index (χ4v) is 10.8. The summed E-state index contributed by atoms with van der Waals surface area (Å²) in [6.45, 7) is 16.0. The van der Waals surface area contributed by atoms with Crippen molar-refractivity contribution in [3.8, 4) is 21.8 Å². The van der Waals surface area contributed by atoms with E-state index in [1.807, 2.05) is 11.3 Å². The Balaban J connectivity index is 1.39. The minimum Gasteiger partial charge on any atom is -0.241 e. The van der Waals surface area contributed by atoms with E-state index in [1.54, 1.807) is 0 Å². The highest BCUT2D eigenvalue weighted by molar-refractivity contribution is 7.15. The highest BCUT2D eigenvalue weighted by atomic mass is 32.1. The Morgan fingerprint density at radius 2 is 1.08 bits per heavy atom. The maximum Gasteiger partial charge on any atom is 0.131 e. The molecule has 2 atom stereocenters. The van der Waals surface area contributed by atoms with E-state index in [4.69, 9.17) is 20.2 Å². The topological polar surface area (TPSA) is 51.6 Å². The van der Waals surface area contributed by atoms with E-state index in [1.165, 1.54) is 141 Å². The highest BCUT2D eigenvalue weighted by Crippen LogP contribution is 2.42. The zero-order chi connectivity index (χ0) is 42.5. The number of benzene rings is 5. The van der Waals surface area contributed by atoms with Gasteiger partial charge in [-0.15, -0.1) is 21.5 Å². The van der Waals surface area contributed by atoms with Crippen LogP contribution in [-0.2, 0) is 19.3 Å². The van der Waals surface area contributed by atoms with Crippen molar-refractivity contribution in [1.82, 2.24) is 20.2 Å². The van der Waals surface area contributed by atoms with Crippen molar-refractivity contribution in [2.75, 3.05) is 0 Å². The first-order valence-electron chi connectivity index (χ1n) is 23.8. The van der Waals surface area contributed by atoms with Gasteiger partial charge in [-0.05, 0) is 102 Å². The number of hydrogen-bond donors (Lipinski definition) is 0. The molecule has 0 aliphatic rings. The Labute approximate surface area is 368 Å². The van der Waals surface area contributed by atoms with Gasteiger partial charge in [-0.3, -0.25) is 0 Å². The van der Waals surface area contributed by atoms with Gasteiger partial charge in [-0.25, -0.2) is 9.97 Å². The Hall–Kier alpha value is -4.74. The molecule has 0 fully saturated rings. The molecule has 5 aromatic carbocycles. The summed E-state index contributed by atoms with van der Waals surface area (Å²) in [5, 5.41) is 17.5. The van der Waals surface area contributed by atoms with Crippen LogP contribution in [0.15, 0.2) is 78.9 Å². The first-order valence-corrected chi connectivity index (χ1v) is 24.6. The van der Waals surface area contributed by atoms with Crippen LogP contribution in [0.2, 0.25) is 0 Å². The molecule has 0 N–H and O–H groups in total. The van der Waals surface area contributed by atoms with E-state index in [-0.39, 0.29) is 0 Å². The largest absolute Gasteiger partial charge is 0.241 e. The molecular formula is C56H66N4S. The second-order valence-electron chi connectivity index (χ2n) is 18.1. The van der Waals surface area contributed by atoms with Gasteiger partial charge in [-0.2, -0.15) is 0 Å². The molecule has 5 heteroatoms. The van der Waals surface area contributed by atoms with Gasteiger partial charge in [0.2, 0.25) is 0 Å². The fourth-order valence-electron chi connectivity index (χ4n) is 9.74. The van der Waals surface area contributed by atoms with Crippen molar-refractivity contribution in [3.05, 3.63) is 106 Å². The van der Waals surface area contributed by atoms with E-state index in [9.17, 15) is 0 Å². The van der Waals surface area contributed by atoms with Crippen molar-refractivity contribution >= 4 is 65.7 Å². The molecule has 0 saturated carbocycles. The van der Waals surface area contributed by atoms with E-state index in [2.05, 4.69) is 127 Å². The van der Waals surface area contributed by atoms with E-state index in [0.29, 0.717) is 11.8 Å². The van der Waals surface area contributed by atoms with Crippen LogP contribution >= 0.6 is 11.3 Å². The number of nitrogens with zero attached hydrogens (tertiary/aromatic N) is 4.